The molecule has 1 aromatic carbocycles. The molecule has 1 amide bonds. The number of amides is 1. The molecule has 2 aromatic rings. The van der Waals surface area contributed by atoms with Crippen molar-refractivity contribution in [1.29, 1.82) is 5.26 Å². The van der Waals surface area contributed by atoms with E-state index < -0.39 is 18.6 Å². The number of aromatic nitrogens is 2. The van der Waals surface area contributed by atoms with Gasteiger partial charge in [-0.3, -0.25) is 4.79 Å². The van der Waals surface area contributed by atoms with Gasteiger partial charge in [-0.05, 0) is 25.5 Å². The van der Waals surface area contributed by atoms with Crippen molar-refractivity contribution in [2.45, 2.75) is 30.7 Å². The fraction of sp³-hybridized carbons (Fsp3) is 0.400. The van der Waals surface area contributed by atoms with E-state index in [1.807, 2.05) is 37.3 Å². The van der Waals surface area contributed by atoms with Gasteiger partial charge in [-0.2, -0.15) is 5.26 Å². The van der Waals surface area contributed by atoms with Crippen LogP contribution in [0.25, 0.3) is 16.6 Å². The van der Waals surface area contributed by atoms with Crippen LogP contribution in [0.4, 0.5) is 0 Å². The minimum absolute atomic E-state index is 0.0561. The molecule has 4 rings (SSSR count). The van der Waals surface area contributed by atoms with Crippen molar-refractivity contribution in [2.75, 3.05) is 12.4 Å². The first-order valence-corrected chi connectivity index (χ1v) is 10.2. The average molecular weight is 412 g/mol. The highest BCUT2D eigenvalue weighted by Gasteiger charge is 2.53. The summed E-state index contributed by atoms with van der Waals surface area (Å²) >= 11 is 1.57. The van der Waals surface area contributed by atoms with Crippen molar-refractivity contribution in [3.05, 3.63) is 35.8 Å². The Morgan fingerprint density at radius 2 is 2.24 bits per heavy atom. The molecular formula is C20H20N4O4S. The molecular weight excluding hydrogens is 392 g/mol. The number of allylic oxidation sites excluding steroid dienone is 1. The number of thioether (sulfide) groups is 1. The Balaban J connectivity index is 1.53. The highest BCUT2D eigenvalue weighted by molar-refractivity contribution is 8.01. The fourth-order valence-electron chi connectivity index (χ4n) is 3.92. The van der Waals surface area contributed by atoms with Gasteiger partial charge in [0.2, 0.25) is 5.91 Å². The summed E-state index contributed by atoms with van der Waals surface area (Å²) < 4.78 is 6.97. The third-order valence-corrected chi connectivity index (χ3v) is 6.98. The van der Waals surface area contributed by atoms with Crippen LogP contribution in [0.2, 0.25) is 0 Å². The van der Waals surface area contributed by atoms with Crippen LogP contribution in [0.3, 0.4) is 0 Å². The number of carbonyl (C=O) groups is 2. The maximum Gasteiger partial charge on any atom is 0.330 e. The van der Waals surface area contributed by atoms with Crippen LogP contribution in [0.5, 0.6) is 0 Å². The number of aliphatic hydroxyl groups excluding tert-OH is 1. The Kier molecular flexibility index (Phi) is 4.74. The zero-order valence-corrected chi connectivity index (χ0v) is 16.9. The van der Waals surface area contributed by atoms with Gasteiger partial charge in [0.25, 0.3) is 0 Å². The predicted molar refractivity (Wildman–Crippen MR) is 108 cm³/mol. The lowest BCUT2D eigenvalue weighted by molar-refractivity contribution is -0.153. The molecule has 9 heteroatoms. The standard InChI is InChI=1S/C20H20N4O4S/c1-20-8-7-17(26)24(20)15(11-29-20)19(27)28-10-16(25)12(9-21)18-22-13-5-3-4-6-14(13)23(18)2/h3-6,15,25H,7-8,10-11H2,1-2H3/b16-12-/t15-,20-/m0/s1. The third-order valence-electron chi connectivity index (χ3n) is 5.48. The molecule has 2 fully saturated rings. The Morgan fingerprint density at radius 1 is 1.48 bits per heavy atom. The lowest BCUT2D eigenvalue weighted by Crippen LogP contribution is -2.46. The molecule has 29 heavy (non-hydrogen) atoms. The van der Waals surface area contributed by atoms with Crippen LogP contribution < -0.4 is 0 Å². The minimum atomic E-state index is -0.672. The normalized spacial score (nSPS) is 24.4. The first-order valence-electron chi connectivity index (χ1n) is 9.22. The number of carbonyl (C=O) groups excluding carboxylic acids is 2. The SMILES string of the molecule is Cn1c(/C(C#N)=C(\O)COC(=O)[C@@H]2CS[C@@]3(C)CCC(=O)N23)nc2ccccc21. The molecule has 8 nitrogen and oxygen atoms in total. The minimum Gasteiger partial charge on any atom is -0.507 e. The topological polar surface area (TPSA) is 108 Å². The summed E-state index contributed by atoms with van der Waals surface area (Å²) in [6.45, 7) is 1.50. The Labute approximate surface area is 171 Å². The smallest absolute Gasteiger partial charge is 0.330 e. The number of fused-ring (bicyclic) bond motifs is 2. The highest BCUT2D eigenvalue weighted by Crippen LogP contribution is 2.47. The largest absolute Gasteiger partial charge is 0.507 e. The Bertz CT molecular complexity index is 1090. The van der Waals surface area contributed by atoms with Crippen molar-refractivity contribution in [3.63, 3.8) is 0 Å². The van der Waals surface area contributed by atoms with Gasteiger partial charge in [-0.25, -0.2) is 9.78 Å². The molecule has 0 saturated carbocycles. The summed E-state index contributed by atoms with van der Waals surface area (Å²) in [7, 11) is 1.75. The number of aliphatic hydroxyl groups is 1. The molecule has 2 aliphatic heterocycles. The molecule has 3 heterocycles. The molecule has 0 bridgehead atoms. The first-order chi connectivity index (χ1) is 13.9. The van der Waals surface area contributed by atoms with Crippen LogP contribution in [0.1, 0.15) is 25.6 Å². The molecule has 0 spiro atoms. The van der Waals surface area contributed by atoms with Crippen LogP contribution in [-0.4, -0.2) is 54.7 Å². The number of para-hydroxylation sites is 2. The number of ether oxygens (including phenoxy) is 1. The molecule has 1 N–H and O–H groups in total. The van der Waals surface area contributed by atoms with Gasteiger partial charge in [-0.1, -0.05) is 12.1 Å². The molecule has 2 saturated heterocycles. The number of esters is 1. The maximum absolute atomic E-state index is 12.6. The molecule has 0 aliphatic carbocycles. The number of hydrogen-bond donors (Lipinski definition) is 1. The lowest BCUT2D eigenvalue weighted by Gasteiger charge is -2.29. The number of aryl methyl sites for hydroxylation is 1. The quantitative estimate of drug-likeness (QED) is 0.466. The van der Waals surface area contributed by atoms with Gasteiger partial charge in [0.05, 0.1) is 15.9 Å². The second-order valence-corrected chi connectivity index (χ2v) is 8.79. The number of hydrogen-bond acceptors (Lipinski definition) is 7. The zero-order valence-electron chi connectivity index (χ0n) is 16.1. The van der Waals surface area contributed by atoms with Crippen LogP contribution >= 0.6 is 11.8 Å². The van der Waals surface area contributed by atoms with Crippen molar-refractivity contribution < 1.29 is 19.4 Å². The Morgan fingerprint density at radius 3 is 2.97 bits per heavy atom. The maximum atomic E-state index is 12.6. The van der Waals surface area contributed by atoms with E-state index in [-0.39, 0.29) is 22.1 Å². The van der Waals surface area contributed by atoms with Gasteiger partial charge in [0.1, 0.15) is 24.3 Å². The molecule has 1 aromatic heterocycles. The van der Waals surface area contributed by atoms with Crippen LogP contribution in [-0.2, 0) is 21.4 Å². The Hall–Kier alpha value is -2.99. The number of nitrogens with zero attached hydrogens (tertiary/aromatic N) is 4. The third kappa shape index (κ3) is 3.13. The molecule has 150 valence electrons. The van der Waals surface area contributed by atoms with Crippen LogP contribution in [0, 0.1) is 11.3 Å². The van der Waals surface area contributed by atoms with Gasteiger partial charge >= 0.3 is 5.97 Å². The monoisotopic (exact) mass is 412 g/mol. The summed E-state index contributed by atoms with van der Waals surface area (Å²) in [4.78, 5) is 30.4. The van der Waals surface area contributed by atoms with Crippen molar-refractivity contribution >= 4 is 40.2 Å². The van der Waals surface area contributed by atoms with Crippen molar-refractivity contribution in [1.82, 2.24) is 14.5 Å². The van der Waals surface area contributed by atoms with E-state index in [0.29, 0.717) is 29.9 Å². The zero-order chi connectivity index (χ0) is 20.8. The number of nitriles is 1. The van der Waals surface area contributed by atoms with E-state index in [1.165, 1.54) is 0 Å². The van der Waals surface area contributed by atoms with E-state index in [0.717, 1.165) is 5.52 Å². The summed E-state index contributed by atoms with van der Waals surface area (Å²) in [6, 6.07) is 8.65. The molecule has 2 aliphatic rings. The summed E-state index contributed by atoms with van der Waals surface area (Å²) in [5.41, 5.74) is 1.45. The van der Waals surface area contributed by atoms with Gasteiger partial charge in [-0.15, -0.1) is 11.8 Å². The van der Waals surface area contributed by atoms with Crippen molar-refractivity contribution in [2.24, 2.45) is 7.05 Å². The average Bonchev–Trinajstić information content (AvgIpc) is 3.32. The van der Waals surface area contributed by atoms with Gasteiger partial charge < -0.3 is 19.3 Å². The number of benzene rings is 1. The fourth-order valence-corrected chi connectivity index (χ4v) is 5.33. The molecule has 2 atom stereocenters. The van der Waals surface area contributed by atoms with E-state index in [4.69, 9.17) is 4.74 Å². The van der Waals surface area contributed by atoms with E-state index in [9.17, 15) is 20.0 Å². The number of imidazole rings is 1. The van der Waals surface area contributed by atoms with Gasteiger partial charge in [0.15, 0.2) is 11.6 Å². The predicted octanol–water partition coefficient (Wildman–Crippen LogP) is 2.36. The molecule has 0 unspecified atom stereocenters. The van der Waals surface area contributed by atoms with Gasteiger partial charge in [0, 0.05) is 19.2 Å². The first kappa shape index (κ1) is 19.3. The van der Waals surface area contributed by atoms with Crippen LogP contribution in [0.15, 0.2) is 30.0 Å². The van der Waals surface area contributed by atoms with Crippen molar-refractivity contribution in [3.8, 4) is 6.07 Å². The summed E-state index contributed by atoms with van der Waals surface area (Å²) in [6.07, 6.45) is 1.13. The molecule has 0 radical (unpaired) electrons. The number of rotatable bonds is 4. The second-order valence-electron chi connectivity index (χ2n) is 7.29. The van der Waals surface area contributed by atoms with E-state index >= 15 is 0 Å². The highest BCUT2D eigenvalue weighted by atomic mass is 32.2. The van der Waals surface area contributed by atoms with E-state index in [1.54, 1.807) is 28.3 Å². The lowest BCUT2D eigenvalue weighted by atomic mass is 10.2. The second kappa shape index (κ2) is 7.12. The summed E-state index contributed by atoms with van der Waals surface area (Å²) in [5.74, 6) is -0.259. The summed E-state index contributed by atoms with van der Waals surface area (Å²) in [5, 5.41) is 20.0. The van der Waals surface area contributed by atoms with E-state index in [2.05, 4.69) is 4.98 Å².